The molecule has 0 radical (unpaired) electrons. The van der Waals surface area contributed by atoms with Gasteiger partial charge in [0.2, 0.25) is 0 Å². The largest absolute Gasteiger partial charge is 0.337 e. The van der Waals surface area contributed by atoms with Crippen LogP contribution in [-0.4, -0.2) is 41.8 Å². The lowest BCUT2D eigenvalue weighted by atomic mass is 10.2. The highest BCUT2D eigenvalue weighted by atomic mass is 16.2. The Balaban J connectivity index is 2.13. The van der Waals surface area contributed by atoms with Gasteiger partial charge in [-0.3, -0.25) is 4.79 Å². The van der Waals surface area contributed by atoms with Crippen LogP contribution < -0.4 is 4.90 Å². The average molecular weight is 284 g/mol. The number of rotatable bonds is 4. The van der Waals surface area contributed by atoms with Gasteiger partial charge in [-0.15, -0.1) is 0 Å². The minimum atomic E-state index is -0.142. The zero-order chi connectivity index (χ0) is 15.4. The number of amides is 1. The van der Waals surface area contributed by atoms with E-state index in [2.05, 4.69) is 22.5 Å². The quantitative estimate of drug-likeness (QED) is 0.523. The van der Waals surface area contributed by atoms with E-state index >= 15 is 0 Å². The molecule has 1 N–H and O–H groups in total. The van der Waals surface area contributed by atoms with Crippen molar-refractivity contribution in [3.63, 3.8) is 0 Å². The Labute approximate surface area is 125 Å². The number of aromatic nitrogens is 1. The molecule has 5 nitrogen and oxygen atoms in total. The SMILES string of the molecule is C=C/C=C(\C=N)C(=O)N1CCN(c2ncc(C)cc2C)C1. The molecule has 110 valence electrons. The lowest BCUT2D eigenvalue weighted by Crippen LogP contribution is -2.32. The molecular weight excluding hydrogens is 264 g/mol. The van der Waals surface area contributed by atoms with Gasteiger partial charge in [-0.2, -0.15) is 0 Å². The number of pyridine rings is 1. The second-order valence-electron chi connectivity index (χ2n) is 5.13. The first-order valence-electron chi connectivity index (χ1n) is 6.87. The summed E-state index contributed by atoms with van der Waals surface area (Å²) in [6.07, 6.45) is 6.00. The maximum atomic E-state index is 12.3. The Bertz CT molecular complexity index is 606. The van der Waals surface area contributed by atoms with E-state index in [0.29, 0.717) is 18.8 Å². The zero-order valence-electron chi connectivity index (χ0n) is 12.5. The van der Waals surface area contributed by atoms with Gasteiger partial charge in [0.25, 0.3) is 5.91 Å². The molecule has 0 spiro atoms. The number of carbonyl (C=O) groups excluding carboxylic acids is 1. The van der Waals surface area contributed by atoms with Gasteiger partial charge in [-0.05, 0) is 31.1 Å². The molecule has 0 aromatic carbocycles. The summed E-state index contributed by atoms with van der Waals surface area (Å²) < 4.78 is 0. The summed E-state index contributed by atoms with van der Waals surface area (Å²) >= 11 is 0. The van der Waals surface area contributed by atoms with Crippen LogP contribution in [0.15, 0.2) is 36.6 Å². The van der Waals surface area contributed by atoms with E-state index in [9.17, 15) is 4.79 Å². The first-order chi connectivity index (χ1) is 10.1. The Morgan fingerprint density at radius 1 is 1.43 bits per heavy atom. The number of nitrogens with one attached hydrogen (secondary N) is 1. The van der Waals surface area contributed by atoms with Gasteiger partial charge in [-0.1, -0.05) is 18.7 Å². The van der Waals surface area contributed by atoms with E-state index in [1.807, 2.05) is 20.0 Å². The number of anilines is 1. The first kappa shape index (κ1) is 15.0. The number of nitrogens with zero attached hydrogens (tertiary/aromatic N) is 3. The van der Waals surface area contributed by atoms with Gasteiger partial charge in [0, 0.05) is 25.5 Å². The normalized spacial score (nSPS) is 15.2. The van der Waals surface area contributed by atoms with Crippen molar-refractivity contribution in [1.82, 2.24) is 9.88 Å². The summed E-state index contributed by atoms with van der Waals surface area (Å²) in [5.74, 6) is 0.775. The topological polar surface area (TPSA) is 60.3 Å². The van der Waals surface area contributed by atoms with Crippen LogP contribution in [0, 0.1) is 19.3 Å². The Kier molecular flexibility index (Phi) is 4.52. The third-order valence-electron chi connectivity index (χ3n) is 3.46. The second kappa shape index (κ2) is 6.35. The predicted molar refractivity (Wildman–Crippen MR) is 84.7 cm³/mol. The molecule has 1 aromatic heterocycles. The summed E-state index contributed by atoms with van der Waals surface area (Å²) in [6, 6.07) is 2.09. The lowest BCUT2D eigenvalue weighted by molar-refractivity contribution is -0.125. The van der Waals surface area contributed by atoms with Crippen LogP contribution in [0.1, 0.15) is 11.1 Å². The van der Waals surface area contributed by atoms with E-state index in [4.69, 9.17) is 5.41 Å². The van der Waals surface area contributed by atoms with Crippen molar-refractivity contribution in [2.75, 3.05) is 24.7 Å². The molecule has 1 aromatic rings. The Morgan fingerprint density at radius 3 is 2.81 bits per heavy atom. The first-order valence-corrected chi connectivity index (χ1v) is 6.87. The number of allylic oxidation sites excluding steroid dienone is 2. The number of hydrogen-bond acceptors (Lipinski definition) is 4. The van der Waals surface area contributed by atoms with Crippen LogP contribution in [-0.2, 0) is 4.79 Å². The summed E-state index contributed by atoms with van der Waals surface area (Å²) in [5.41, 5.74) is 2.59. The molecule has 0 bridgehead atoms. The molecule has 1 amide bonds. The summed E-state index contributed by atoms with van der Waals surface area (Å²) in [4.78, 5) is 20.6. The van der Waals surface area contributed by atoms with Crippen molar-refractivity contribution in [1.29, 1.82) is 5.41 Å². The van der Waals surface area contributed by atoms with Gasteiger partial charge in [0.05, 0.1) is 12.2 Å². The lowest BCUT2D eigenvalue weighted by Gasteiger charge is -2.21. The third-order valence-corrected chi connectivity index (χ3v) is 3.46. The van der Waals surface area contributed by atoms with Crippen molar-refractivity contribution in [3.8, 4) is 0 Å². The van der Waals surface area contributed by atoms with Gasteiger partial charge >= 0.3 is 0 Å². The van der Waals surface area contributed by atoms with Crippen LogP contribution in [0.5, 0.6) is 0 Å². The van der Waals surface area contributed by atoms with Crippen LogP contribution >= 0.6 is 0 Å². The molecular formula is C16H20N4O. The van der Waals surface area contributed by atoms with E-state index in [1.165, 1.54) is 6.08 Å². The number of carbonyl (C=O) groups is 1. The molecule has 0 saturated carbocycles. The highest BCUT2D eigenvalue weighted by Crippen LogP contribution is 2.21. The minimum absolute atomic E-state index is 0.142. The van der Waals surface area contributed by atoms with E-state index in [-0.39, 0.29) is 5.91 Å². The van der Waals surface area contributed by atoms with Crippen LogP contribution in [0.4, 0.5) is 5.82 Å². The fourth-order valence-corrected chi connectivity index (χ4v) is 2.46. The summed E-state index contributed by atoms with van der Waals surface area (Å²) in [5, 5.41) is 7.32. The molecule has 1 fully saturated rings. The maximum absolute atomic E-state index is 12.3. The van der Waals surface area contributed by atoms with Crippen molar-refractivity contribution < 1.29 is 4.79 Å². The van der Waals surface area contributed by atoms with Gasteiger partial charge in [0.1, 0.15) is 5.82 Å². The maximum Gasteiger partial charge on any atom is 0.256 e. The molecule has 0 unspecified atom stereocenters. The summed E-state index contributed by atoms with van der Waals surface area (Å²) in [7, 11) is 0. The van der Waals surface area contributed by atoms with Crippen LogP contribution in [0.2, 0.25) is 0 Å². The highest BCUT2D eigenvalue weighted by molar-refractivity contribution is 6.11. The fraction of sp³-hybridized carbons (Fsp3) is 0.312. The molecule has 21 heavy (non-hydrogen) atoms. The molecule has 0 atom stereocenters. The molecule has 1 saturated heterocycles. The number of hydrogen-bond donors (Lipinski definition) is 1. The third kappa shape index (κ3) is 3.18. The van der Waals surface area contributed by atoms with Crippen molar-refractivity contribution in [2.24, 2.45) is 0 Å². The fourth-order valence-electron chi connectivity index (χ4n) is 2.46. The van der Waals surface area contributed by atoms with Crippen molar-refractivity contribution >= 4 is 17.9 Å². The second-order valence-corrected chi connectivity index (χ2v) is 5.13. The van der Waals surface area contributed by atoms with Gasteiger partial charge in [-0.25, -0.2) is 4.98 Å². The predicted octanol–water partition coefficient (Wildman–Crippen LogP) is 2.07. The molecule has 2 heterocycles. The zero-order valence-corrected chi connectivity index (χ0v) is 12.5. The van der Waals surface area contributed by atoms with Crippen LogP contribution in [0.25, 0.3) is 0 Å². The average Bonchev–Trinajstić information content (AvgIpc) is 2.93. The monoisotopic (exact) mass is 284 g/mol. The molecule has 2 rings (SSSR count). The van der Waals surface area contributed by atoms with Crippen molar-refractivity contribution in [3.05, 3.63) is 47.7 Å². The molecule has 1 aliphatic heterocycles. The molecule has 5 heteroatoms. The Hall–Kier alpha value is -2.43. The van der Waals surface area contributed by atoms with Gasteiger partial charge in [0.15, 0.2) is 0 Å². The minimum Gasteiger partial charge on any atom is -0.337 e. The van der Waals surface area contributed by atoms with E-state index in [0.717, 1.165) is 29.7 Å². The molecule has 0 aliphatic carbocycles. The van der Waals surface area contributed by atoms with E-state index < -0.39 is 0 Å². The van der Waals surface area contributed by atoms with Crippen molar-refractivity contribution in [2.45, 2.75) is 13.8 Å². The number of aryl methyl sites for hydroxylation is 2. The highest BCUT2D eigenvalue weighted by Gasteiger charge is 2.27. The smallest absolute Gasteiger partial charge is 0.256 e. The van der Waals surface area contributed by atoms with Gasteiger partial charge < -0.3 is 15.2 Å². The standard InChI is InChI=1S/C16H20N4O/c1-4-5-14(9-17)16(21)20-7-6-19(11-20)15-13(3)8-12(2)10-18-15/h4-5,8-10,17H,1,6-7,11H2,2-3H3/b14-5+,17-9?. The summed E-state index contributed by atoms with van der Waals surface area (Å²) in [6.45, 7) is 9.50. The Morgan fingerprint density at radius 2 is 2.19 bits per heavy atom. The van der Waals surface area contributed by atoms with E-state index in [1.54, 1.807) is 11.0 Å². The molecule has 1 aliphatic rings. The van der Waals surface area contributed by atoms with Crippen LogP contribution in [0.3, 0.4) is 0 Å².